The van der Waals surface area contributed by atoms with Gasteiger partial charge in [0.05, 0.1) is 44.5 Å². The number of ether oxygens (including phenoxy) is 6. The van der Waals surface area contributed by atoms with Gasteiger partial charge in [-0.25, -0.2) is 9.59 Å². The van der Waals surface area contributed by atoms with Gasteiger partial charge in [0.15, 0.2) is 34.6 Å². The molecule has 0 aromatic heterocycles. The van der Waals surface area contributed by atoms with Crippen LogP contribution in [0.15, 0.2) is 115 Å². The third kappa shape index (κ3) is 17.5. The Morgan fingerprint density at radius 3 is 1.33 bits per heavy atom. The van der Waals surface area contributed by atoms with E-state index in [0.717, 1.165) is 12.2 Å². The molecule has 0 aliphatic carbocycles. The molecule has 2 unspecified atom stereocenters. The van der Waals surface area contributed by atoms with Crippen molar-refractivity contribution in [2.75, 3.05) is 38.9 Å². The van der Waals surface area contributed by atoms with Crippen LogP contribution in [0.2, 0.25) is 0 Å². The van der Waals surface area contributed by atoms with Crippen molar-refractivity contribution in [2.24, 2.45) is 0 Å². The molecule has 0 radical (unpaired) electrons. The van der Waals surface area contributed by atoms with E-state index in [2.05, 4.69) is 0 Å². The van der Waals surface area contributed by atoms with E-state index in [1.54, 1.807) is 0 Å². The Kier molecular flexibility index (Phi) is 20.0. The predicted octanol–water partition coefficient (Wildman–Crippen LogP) is 9.90. The summed E-state index contributed by atoms with van der Waals surface area (Å²) in [6.07, 6.45) is -9.48. The van der Waals surface area contributed by atoms with Gasteiger partial charge in [-0.1, -0.05) is 42.5 Å². The number of methoxy groups -OCH3 is 2. The maximum Gasteiger partial charge on any atom is 0.389 e. The number of nitrogen functional groups attached to an aromatic ring is 2. The van der Waals surface area contributed by atoms with E-state index >= 15 is 0 Å². The van der Waals surface area contributed by atoms with Crippen LogP contribution in [-0.2, 0) is 9.59 Å². The minimum atomic E-state index is -4.26. The summed E-state index contributed by atoms with van der Waals surface area (Å²) in [6, 6.07) is 24.4. The molecule has 5 aromatic carbocycles. The van der Waals surface area contributed by atoms with Gasteiger partial charge in [-0.05, 0) is 127 Å². The van der Waals surface area contributed by atoms with E-state index in [0.29, 0.717) is 11.1 Å². The van der Waals surface area contributed by atoms with Crippen LogP contribution in [0, 0.1) is 0 Å². The van der Waals surface area contributed by atoms with Crippen molar-refractivity contribution in [2.45, 2.75) is 69.0 Å². The molecular weight excluding hydrogens is 971 g/mol. The van der Waals surface area contributed by atoms with Crippen molar-refractivity contribution in [3.05, 3.63) is 143 Å². The third-order valence-corrected chi connectivity index (χ3v) is 10.8. The standard InChI is InChI=1S/C53H52F6N2O12/c1-68-45-29-34(13-23-43(45)70-27-5-3-25-52(54,55)56)50(66)72-37-16-7-32(8-17-37)11-21-41(62)48(64)47(39-20-15-36(60)31-40(39)61)49(65)42(63)22-12-33-9-18-38(19-10-33)73-51(67)35-14-24-44(46(30-35)69-2)71-28-6-4-26-53(57,58)59/h7-24,29-31,47-49,64-65H,3-6,25-28,60-61H2,1-2H3/b21-11+,22-12+. The summed E-state index contributed by atoms with van der Waals surface area (Å²) in [5, 5.41) is 22.8. The van der Waals surface area contributed by atoms with Crippen molar-refractivity contribution in [1.82, 2.24) is 0 Å². The molecule has 0 aliphatic heterocycles. The molecule has 73 heavy (non-hydrogen) atoms. The Morgan fingerprint density at radius 1 is 0.548 bits per heavy atom. The number of esters is 2. The van der Waals surface area contributed by atoms with Gasteiger partial charge in [0.2, 0.25) is 0 Å². The van der Waals surface area contributed by atoms with Gasteiger partial charge in [-0.2, -0.15) is 26.3 Å². The highest BCUT2D eigenvalue weighted by Crippen LogP contribution is 2.34. The van der Waals surface area contributed by atoms with Crippen LogP contribution in [0.4, 0.5) is 37.7 Å². The minimum Gasteiger partial charge on any atom is -0.493 e. The zero-order valence-corrected chi connectivity index (χ0v) is 39.4. The molecule has 0 saturated carbocycles. The molecule has 20 heteroatoms. The van der Waals surface area contributed by atoms with Crippen molar-refractivity contribution in [3.8, 4) is 34.5 Å². The average molecular weight is 1020 g/mol. The van der Waals surface area contributed by atoms with Crippen molar-refractivity contribution < 1.29 is 84.2 Å². The van der Waals surface area contributed by atoms with Crippen molar-refractivity contribution in [1.29, 1.82) is 0 Å². The van der Waals surface area contributed by atoms with Gasteiger partial charge < -0.3 is 50.1 Å². The first-order valence-electron chi connectivity index (χ1n) is 22.5. The number of unbranched alkanes of at least 4 members (excludes halogenated alkanes) is 2. The van der Waals surface area contributed by atoms with Crippen molar-refractivity contribution >= 4 is 47.0 Å². The predicted molar refractivity (Wildman–Crippen MR) is 258 cm³/mol. The molecule has 5 rings (SSSR count). The van der Waals surface area contributed by atoms with Crippen LogP contribution < -0.4 is 39.9 Å². The normalized spacial score (nSPS) is 13.0. The number of anilines is 2. The van der Waals surface area contributed by atoms with Gasteiger partial charge in [0, 0.05) is 24.2 Å². The highest BCUT2D eigenvalue weighted by atomic mass is 19.4. The largest absolute Gasteiger partial charge is 0.493 e. The number of aliphatic hydroxyl groups excluding tert-OH is 2. The summed E-state index contributed by atoms with van der Waals surface area (Å²) >= 11 is 0. The maximum atomic E-state index is 13.5. The van der Waals surface area contributed by atoms with Gasteiger partial charge in [-0.15, -0.1) is 0 Å². The molecule has 6 N–H and O–H groups in total. The number of carbonyl (C=O) groups excluding carboxylic acids is 4. The zero-order valence-electron chi connectivity index (χ0n) is 39.4. The summed E-state index contributed by atoms with van der Waals surface area (Å²) in [5.41, 5.74) is 13.4. The van der Waals surface area contributed by atoms with Crippen LogP contribution in [0.25, 0.3) is 12.2 Å². The molecule has 0 saturated heterocycles. The maximum absolute atomic E-state index is 13.5. The quantitative estimate of drug-likeness (QED) is 0.0107. The molecule has 2 atom stereocenters. The van der Waals surface area contributed by atoms with Crippen LogP contribution in [-0.4, -0.2) is 85.7 Å². The Labute approximate surface area is 415 Å². The van der Waals surface area contributed by atoms with E-state index in [-0.39, 0.29) is 101 Å². The van der Waals surface area contributed by atoms with Gasteiger partial charge in [-0.3, -0.25) is 9.59 Å². The second-order valence-electron chi connectivity index (χ2n) is 16.3. The van der Waals surface area contributed by atoms with Crippen LogP contribution in [0.5, 0.6) is 34.5 Å². The molecule has 0 aliphatic rings. The molecule has 0 fully saturated rings. The highest BCUT2D eigenvalue weighted by molar-refractivity contribution is 6.01. The second kappa shape index (κ2) is 26.0. The Hall–Kier alpha value is -7.84. The fourth-order valence-corrected chi connectivity index (χ4v) is 6.99. The lowest BCUT2D eigenvalue weighted by Crippen LogP contribution is -2.39. The van der Waals surface area contributed by atoms with Gasteiger partial charge >= 0.3 is 24.3 Å². The van der Waals surface area contributed by atoms with E-state index in [1.807, 2.05) is 0 Å². The first kappa shape index (κ1) is 56.1. The monoisotopic (exact) mass is 1020 g/mol. The first-order valence-corrected chi connectivity index (χ1v) is 22.5. The summed E-state index contributed by atoms with van der Waals surface area (Å²) in [6.45, 7) is 0.0114. The number of halogens is 6. The number of ketones is 2. The summed E-state index contributed by atoms with van der Waals surface area (Å²) < 4.78 is 107. The number of carbonyl (C=O) groups is 4. The lowest BCUT2D eigenvalue weighted by molar-refractivity contribution is -0.136. The van der Waals surface area contributed by atoms with E-state index < -0.39 is 66.8 Å². The summed E-state index contributed by atoms with van der Waals surface area (Å²) in [7, 11) is 2.67. The SMILES string of the molecule is COc1cc(C(=O)Oc2ccc(/C=C/C(=O)C(O)C(c3ccc(N)cc3N)C(O)C(=O)/C=C/c3ccc(OC(=O)c4ccc(OCCCCC(F)(F)F)c(OC)c4)cc3)cc2)ccc1OCCCCC(F)(F)F. The molecule has 0 bridgehead atoms. The lowest BCUT2D eigenvalue weighted by Gasteiger charge is -2.26. The van der Waals surface area contributed by atoms with Crippen LogP contribution in [0.1, 0.15) is 81.8 Å². The fourth-order valence-electron chi connectivity index (χ4n) is 6.99. The Bertz CT molecular complexity index is 2580. The molecule has 14 nitrogen and oxygen atoms in total. The van der Waals surface area contributed by atoms with Crippen molar-refractivity contribution in [3.63, 3.8) is 0 Å². The number of rotatable bonds is 25. The first-order chi connectivity index (χ1) is 34.6. The molecule has 5 aromatic rings. The fraction of sp³-hybridized carbons (Fsp3) is 0.283. The molecular formula is C53H52F6N2O12. The Morgan fingerprint density at radius 2 is 0.959 bits per heavy atom. The van der Waals surface area contributed by atoms with Crippen LogP contribution in [0.3, 0.4) is 0 Å². The third-order valence-electron chi connectivity index (χ3n) is 10.8. The lowest BCUT2D eigenvalue weighted by atomic mass is 9.83. The number of alkyl halides is 6. The number of nitrogens with two attached hydrogens (primary N) is 2. The van der Waals surface area contributed by atoms with Crippen LogP contribution >= 0.6 is 0 Å². The number of benzene rings is 5. The number of hydrogen-bond donors (Lipinski definition) is 4. The van der Waals surface area contributed by atoms with E-state index in [9.17, 15) is 55.7 Å². The second-order valence-corrected chi connectivity index (χ2v) is 16.3. The van der Waals surface area contributed by atoms with Gasteiger partial charge in [0.1, 0.15) is 23.7 Å². The van der Waals surface area contributed by atoms with E-state index in [1.165, 1.54) is 129 Å². The van der Waals surface area contributed by atoms with Gasteiger partial charge in [0.25, 0.3) is 0 Å². The Balaban J connectivity index is 1.18. The minimum absolute atomic E-state index is 0.00555. The molecule has 0 heterocycles. The molecule has 0 amide bonds. The smallest absolute Gasteiger partial charge is 0.389 e. The summed E-state index contributed by atoms with van der Waals surface area (Å²) in [4.78, 5) is 52.8. The number of hydrogen-bond acceptors (Lipinski definition) is 14. The molecule has 0 spiro atoms. The zero-order chi connectivity index (χ0) is 53.3. The average Bonchev–Trinajstić information content (AvgIpc) is 3.35. The summed E-state index contributed by atoms with van der Waals surface area (Å²) in [5.74, 6) is -3.85. The molecule has 388 valence electrons. The highest BCUT2D eigenvalue weighted by Gasteiger charge is 2.37. The van der Waals surface area contributed by atoms with E-state index in [4.69, 9.17) is 39.9 Å². The number of aliphatic hydroxyl groups is 2. The topological polar surface area (TPSA) is 216 Å².